The van der Waals surface area contributed by atoms with Crippen molar-refractivity contribution in [3.63, 3.8) is 0 Å². The Morgan fingerprint density at radius 2 is 2.07 bits per heavy atom. The predicted molar refractivity (Wildman–Crippen MR) is 57.8 cm³/mol. The number of carbonyl (C=O) groups excluding carboxylic acids is 1. The normalized spacial score (nSPS) is 29.9. The van der Waals surface area contributed by atoms with E-state index in [0.717, 1.165) is 12.0 Å². The largest absolute Gasteiger partial charge is 0.294 e. The molecule has 0 aromatic heterocycles. The third kappa shape index (κ3) is 1.13. The van der Waals surface area contributed by atoms with Crippen molar-refractivity contribution in [2.45, 2.75) is 29.4 Å². The van der Waals surface area contributed by atoms with Gasteiger partial charge in [0.2, 0.25) is 0 Å². The minimum atomic E-state index is 0.315. The minimum Gasteiger partial charge on any atom is -0.294 e. The first kappa shape index (κ1) is 8.54. The van der Waals surface area contributed by atoms with Crippen molar-refractivity contribution >= 4 is 17.5 Å². The van der Waals surface area contributed by atoms with Gasteiger partial charge in [-0.15, -0.1) is 11.8 Å². The maximum atomic E-state index is 12.1. The van der Waals surface area contributed by atoms with Gasteiger partial charge >= 0.3 is 0 Å². The van der Waals surface area contributed by atoms with Crippen molar-refractivity contribution in [2.24, 2.45) is 5.92 Å². The van der Waals surface area contributed by atoms with Crippen molar-refractivity contribution in [2.75, 3.05) is 0 Å². The Kier molecular flexibility index (Phi) is 1.91. The van der Waals surface area contributed by atoms with Crippen LogP contribution in [0.4, 0.5) is 0 Å². The molecule has 1 aromatic carbocycles. The molecule has 0 spiro atoms. The van der Waals surface area contributed by atoms with Crippen molar-refractivity contribution in [3.8, 4) is 0 Å². The Labute approximate surface area is 87.9 Å². The van der Waals surface area contributed by atoms with Gasteiger partial charge in [-0.05, 0) is 18.9 Å². The SMILES string of the molecule is O=C1c2ccccc2SC2CCCC12. The highest BCUT2D eigenvalue weighted by atomic mass is 32.2. The number of fused-ring (bicyclic) bond motifs is 2. The number of hydrogen-bond donors (Lipinski definition) is 0. The lowest BCUT2D eigenvalue weighted by Gasteiger charge is -2.25. The van der Waals surface area contributed by atoms with E-state index in [-0.39, 0.29) is 0 Å². The lowest BCUT2D eigenvalue weighted by Crippen LogP contribution is -2.25. The van der Waals surface area contributed by atoms with Crippen LogP contribution >= 0.6 is 11.8 Å². The average Bonchev–Trinajstić information content (AvgIpc) is 2.66. The van der Waals surface area contributed by atoms with E-state index in [1.54, 1.807) is 0 Å². The van der Waals surface area contributed by atoms with Crippen LogP contribution in [0.2, 0.25) is 0 Å². The standard InChI is InChI=1S/C12H12OS/c13-12-8-4-1-2-6-10(8)14-11-7-3-5-9(11)12/h1-2,4,6,9,11H,3,5,7H2. The maximum absolute atomic E-state index is 12.1. The summed E-state index contributed by atoms with van der Waals surface area (Å²) < 4.78 is 0. The second-order valence-electron chi connectivity index (χ2n) is 4.05. The van der Waals surface area contributed by atoms with E-state index in [9.17, 15) is 4.79 Å². The number of hydrogen-bond acceptors (Lipinski definition) is 2. The lowest BCUT2D eigenvalue weighted by molar-refractivity contribution is 0.0919. The molecule has 1 saturated carbocycles. The number of carbonyl (C=O) groups is 1. The molecule has 1 nitrogen and oxygen atoms in total. The van der Waals surface area contributed by atoms with Gasteiger partial charge in [-0.25, -0.2) is 0 Å². The van der Waals surface area contributed by atoms with E-state index in [2.05, 4.69) is 6.07 Å². The first-order valence-corrected chi connectivity index (χ1v) is 6.04. The van der Waals surface area contributed by atoms with Gasteiger partial charge in [0.05, 0.1) is 0 Å². The highest BCUT2D eigenvalue weighted by Crippen LogP contribution is 2.46. The van der Waals surface area contributed by atoms with Crippen LogP contribution in [0.15, 0.2) is 29.2 Å². The highest BCUT2D eigenvalue weighted by Gasteiger charge is 2.38. The van der Waals surface area contributed by atoms with E-state index in [1.807, 2.05) is 30.0 Å². The van der Waals surface area contributed by atoms with Gasteiger partial charge in [0, 0.05) is 21.6 Å². The van der Waals surface area contributed by atoms with Crippen LogP contribution in [-0.2, 0) is 0 Å². The van der Waals surface area contributed by atoms with Crippen LogP contribution in [0.5, 0.6) is 0 Å². The lowest BCUT2D eigenvalue weighted by atomic mass is 9.95. The van der Waals surface area contributed by atoms with E-state index in [0.29, 0.717) is 17.0 Å². The van der Waals surface area contributed by atoms with Crippen LogP contribution in [0.3, 0.4) is 0 Å². The quantitative estimate of drug-likeness (QED) is 0.645. The molecule has 0 radical (unpaired) electrons. The summed E-state index contributed by atoms with van der Waals surface area (Å²) in [5, 5.41) is 0.567. The van der Waals surface area contributed by atoms with Crippen LogP contribution in [0.25, 0.3) is 0 Å². The molecule has 2 heteroatoms. The predicted octanol–water partition coefficient (Wildman–Crippen LogP) is 3.14. The van der Waals surface area contributed by atoms with Gasteiger partial charge in [0.1, 0.15) is 0 Å². The molecule has 1 aliphatic heterocycles. The molecule has 2 unspecified atom stereocenters. The Morgan fingerprint density at radius 3 is 3.00 bits per heavy atom. The van der Waals surface area contributed by atoms with Gasteiger partial charge in [-0.2, -0.15) is 0 Å². The summed E-state index contributed by atoms with van der Waals surface area (Å²) in [6.45, 7) is 0. The number of thioether (sulfide) groups is 1. The summed E-state index contributed by atoms with van der Waals surface area (Å²) in [6.07, 6.45) is 3.54. The maximum Gasteiger partial charge on any atom is 0.168 e. The van der Waals surface area contributed by atoms with Crippen LogP contribution < -0.4 is 0 Å². The fourth-order valence-corrected chi connectivity index (χ4v) is 3.99. The Balaban J connectivity index is 2.08. The zero-order valence-corrected chi connectivity index (χ0v) is 8.72. The topological polar surface area (TPSA) is 17.1 Å². The van der Waals surface area contributed by atoms with Crippen LogP contribution in [-0.4, -0.2) is 11.0 Å². The molecule has 1 fully saturated rings. The Morgan fingerprint density at radius 1 is 1.21 bits per heavy atom. The smallest absolute Gasteiger partial charge is 0.168 e. The molecule has 2 atom stereocenters. The monoisotopic (exact) mass is 204 g/mol. The molecule has 0 bridgehead atoms. The molecule has 3 rings (SSSR count). The van der Waals surface area contributed by atoms with Crippen LogP contribution in [0.1, 0.15) is 29.6 Å². The van der Waals surface area contributed by atoms with Crippen molar-refractivity contribution in [1.82, 2.24) is 0 Å². The number of ketones is 1. The summed E-state index contributed by atoms with van der Waals surface area (Å²) in [5.74, 6) is 0.705. The summed E-state index contributed by atoms with van der Waals surface area (Å²) in [4.78, 5) is 13.3. The van der Waals surface area contributed by atoms with Gasteiger partial charge in [-0.1, -0.05) is 24.6 Å². The fourth-order valence-electron chi connectivity index (χ4n) is 2.50. The fraction of sp³-hybridized carbons (Fsp3) is 0.417. The number of rotatable bonds is 0. The third-order valence-corrected chi connectivity index (χ3v) is 4.70. The first-order valence-electron chi connectivity index (χ1n) is 5.16. The molecule has 1 heterocycles. The van der Waals surface area contributed by atoms with E-state index in [4.69, 9.17) is 0 Å². The van der Waals surface area contributed by atoms with Gasteiger partial charge in [0.25, 0.3) is 0 Å². The van der Waals surface area contributed by atoms with E-state index < -0.39 is 0 Å². The molecule has 0 saturated heterocycles. The number of Topliss-reactive ketones (excluding diaryl/α,β-unsaturated/α-hetero) is 1. The van der Waals surface area contributed by atoms with E-state index in [1.165, 1.54) is 17.7 Å². The minimum absolute atomic E-state index is 0.315. The zero-order valence-electron chi connectivity index (χ0n) is 7.90. The summed E-state index contributed by atoms with van der Waals surface area (Å²) >= 11 is 1.91. The van der Waals surface area contributed by atoms with Gasteiger partial charge < -0.3 is 0 Å². The highest BCUT2D eigenvalue weighted by molar-refractivity contribution is 8.00. The molecule has 14 heavy (non-hydrogen) atoms. The molecule has 72 valence electrons. The summed E-state index contributed by atoms with van der Waals surface area (Å²) in [5.41, 5.74) is 0.959. The molecular weight excluding hydrogens is 192 g/mol. The van der Waals surface area contributed by atoms with Crippen molar-refractivity contribution < 1.29 is 4.79 Å². The molecule has 0 N–H and O–H groups in total. The second kappa shape index (κ2) is 3.13. The first-order chi connectivity index (χ1) is 6.86. The summed E-state index contributed by atoms with van der Waals surface area (Å²) in [7, 11) is 0. The molecule has 2 aliphatic rings. The molecule has 0 amide bonds. The Bertz CT molecular complexity index is 386. The molecule has 1 aromatic rings. The Hall–Kier alpha value is -0.760. The van der Waals surface area contributed by atoms with Crippen LogP contribution in [0, 0.1) is 5.92 Å². The van der Waals surface area contributed by atoms with Crippen molar-refractivity contribution in [1.29, 1.82) is 0 Å². The van der Waals surface area contributed by atoms with Gasteiger partial charge in [-0.3, -0.25) is 4.79 Å². The third-order valence-electron chi connectivity index (χ3n) is 3.22. The summed E-state index contributed by atoms with van der Waals surface area (Å²) in [6, 6.07) is 8.03. The number of benzene rings is 1. The van der Waals surface area contributed by atoms with E-state index >= 15 is 0 Å². The molecular formula is C12H12OS. The zero-order chi connectivity index (χ0) is 9.54. The second-order valence-corrected chi connectivity index (χ2v) is 5.34. The molecule has 1 aliphatic carbocycles. The van der Waals surface area contributed by atoms with Gasteiger partial charge in [0.15, 0.2) is 5.78 Å². The average molecular weight is 204 g/mol. The van der Waals surface area contributed by atoms with Crippen molar-refractivity contribution in [3.05, 3.63) is 29.8 Å².